The molecule has 0 aliphatic carbocycles. The molecule has 3 atom stereocenters. The third-order valence-electron chi connectivity index (χ3n) is 7.63. The summed E-state index contributed by atoms with van der Waals surface area (Å²) in [6, 6.07) is 8.81. The lowest BCUT2D eigenvalue weighted by molar-refractivity contribution is -0.147. The van der Waals surface area contributed by atoms with Gasteiger partial charge in [0.25, 0.3) is 0 Å². The maximum atomic E-state index is 13.4. The van der Waals surface area contributed by atoms with Crippen LogP contribution >= 0.6 is 48.0 Å². The first-order valence-electron chi connectivity index (χ1n) is 15.6. The standard InChI is InChI=1S/C33H45Cl2FN6O4.2ClH/c1-5-46-33(45)28(19-22-6-8-23(36)9-7-22)40-32(44)27(18-21(2)3)39-31(43)25(37)11-13-30-38-26-20-24(10-12-29(26)41(30)4)42(16-14-34)17-15-35;;/h6-10,12,20-21,25,27-28H,5,11,13-19,37H2,1-4H3,(H,39,43)(H,40,44);2*1H. The zero-order valence-corrected chi connectivity index (χ0v) is 30.9. The number of rotatable bonds is 18. The summed E-state index contributed by atoms with van der Waals surface area (Å²) in [5, 5.41) is 5.51. The molecule has 0 aliphatic heterocycles. The van der Waals surface area contributed by atoms with E-state index in [1.807, 2.05) is 43.7 Å². The summed E-state index contributed by atoms with van der Waals surface area (Å²) in [4.78, 5) is 46.2. The highest BCUT2D eigenvalue weighted by molar-refractivity contribution is 6.18. The summed E-state index contributed by atoms with van der Waals surface area (Å²) < 4.78 is 20.6. The fraction of sp³-hybridized carbons (Fsp3) is 0.515. The number of carbonyl (C=O) groups is 3. The second kappa shape index (κ2) is 21.3. The van der Waals surface area contributed by atoms with Crippen LogP contribution < -0.4 is 21.3 Å². The van der Waals surface area contributed by atoms with Gasteiger partial charge in [0.2, 0.25) is 11.8 Å². The number of ether oxygens (including phenoxy) is 1. The molecule has 1 aromatic heterocycles. The van der Waals surface area contributed by atoms with Crippen LogP contribution in [0.1, 0.15) is 45.0 Å². The van der Waals surface area contributed by atoms with Gasteiger partial charge in [0.15, 0.2) is 0 Å². The van der Waals surface area contributed by atoms with Crippen molar-refractivity contribution >= 4 is 82.5 Å². The lowest BCUT2D eigenvalue weighted by Gasteiger charge is -2.25. The Morgan fingerprint density at radius 1 is 1.00 bits per heavy atom. The molecule has 0 fully saturated rings. The van der Waals surface area contributed by atoms with Gasteiger partial charge in [-0.3, -0.25) is 9.59 Å². The smallest absolute Gasteiger partial charge is 0.328 e. The Bertz CT molecular complexity index is 1450. The number of imidazole rings is 1. The SMILES string of the molecule is CCOC(=O)C(Cc1ccc(F)cc1)NC(=O)C(CC(C)C)NC(=O)C(N)CCc1nc2cc(N(CCCl)CCCl)ccc2n1C.Cl.Cl. The number of benzene rings is 2. The summed E-state index contributed by atoms with van der Waals surface area (Å²) in [5.41, 5.74) is 9.69. The monoisotopic (exact) mass is 750 g/mol. The lowest BCUT2D eigenvalue weighted by atomic mass is 10.0. The van der Waals surface area contributed by atoms with Crippen LogP contribution in [-0.4, -0.2) is 76.9 Å². The minimum Gasteiger partial charge on any atom is -0.464 e. The van der Waals surface area contributed by atoms with Crippen LogP contribution in [0.5, 0.6) is 0 Å². The van der Waals surface area contributed by atoms with Crippen molar-refractivity contribution in [3.63, 3.8) is 0 Å². The summed E-state index contributed by atoms with van der Waals surface area (Å²) >= 11 is 12.0. The number of aryl methyl sites for hydroxylation is 2. The van der Waals surface area contributed by atoms with Gasteiger partial charge in [0.05, 0.1) is 23.7 Å². The van der Waals surface area contributed by atoms with Crippen molar-refractivity contribution in [2.24, 2.45) is 18.7 Å². The largest absolute Gasteiger partial charge is 0.464 e. The molecule has 0 bridgehead atoms. The van der Waals surface area contributed by atoms with Crippen LogP contribution in [0.25, 0.3) is 11.0 Å². The molecule has 2 amide bonds. The molecule has 268 valence electrons. The van der Waals surface area contributed by atoms with Gasteiger partial charge in [-0.1, -0.05) is 26.0 Å². The van der Waals surface area contributed by atoms with Crippen LogP contribution in [0.3, 0.4) is 0 Å². The minimum absolute atomic E-state index is 0. The van der Waals surface area contributed by atoms with E-state index in [0.29, 0.717) is 49.7 Å². The number of fused-ring (bicyclic) bond motifs is 1. The van der Waals surface area contributed by atoms with Crippen LogP contribution in [0.4, 0.5) is 10.1 Å². The van der Waals surface area contributed by atoms with E-state index in [2.05, 4.69) is 15.5 Å². The summed E-state index contributed by atoms with van der Waals surface area (Å²) in [7, 11) is 1.92. The molecule has 3 aromatic rings. The number of hydrogen-bond acceptors (Lipinski definition) is 7. The van der Waals surface area contributed by atoms with E-state index in [-0.39, 0.29) is 43.8 Å². The molecular formula is C33H47Cl4FN6O4. The quantitative estimate of drug-likeness (QED) is 0.124. The molecule has 1 heterocycles. The second-order valence-electron chi connectivity index (χ2n) is 11.6. The summed E-state index contributed by atoms with van der Waals surface area (Å²) in [5.74, 6) is -0.259. The van der Waals surface area contributed by atoms with Crippen molar-refractivity contribution in [1.82, 2.24) is 20.2 Å². The molecule has 0 saturated heterocycles. The number of nitrogens with two attached hydrogens (primary N) is 1. The van der Waals surface area contributed by atoms with Gasteiger partial charge in [-0.05, 0) is 61.6 Å². The van der Waals surface area contributed by atoms with Gasteiger partial charge < -0.3 is 30.6 Å². The van der Waals surface area contributed by atoms with Crippen molar-refractivity contribution in [1.29, 1.82) is 0 Å². The second-order valence-corrected chi connectivity index (χ2v) is 12.4. The molecule has 0 saturated carbocycles. The Balaban J connectivity index is 0.00000576. The number of esters is 1. The zero-order valence-electron chi connectivity index (χ0n) is 27.7. The van der Waals surface area contributed by atoms with Gasteiger partial charge >= 0.3 is 5.97 Å². The molecular weight excluding hydrogens is 705 g/mol. The molecule has 3 rings (SSSR count). The topological polar surface area (TPSA) is 132 Å². The number of aromatic nitrogens is 2. The summed E-state index contributed by atoms with van der Waals surface area (Å²) in [6.45, 7) is 6.98. The third kappa shape index (κ3) is 12.6. The fourth-order valence-electron chi connectivity index (χ4n) is 5.19. The Labute approximate surface area is 304 Å². The van der Waals surface area contributed by atoms with E-state index in [4.69, 9.17) is 38.7 Å². The molecule has 0 spiro atoms. The molecule has 4 N–H and O–H groups in total. The average Bonchev–Trinajstić information content (AvgIpc) is 3.34. The maximum Gasteiger partial charge on any atom is 0.328 e. The molecule has 2 aromatic carbocycles. The highest BCUT2D eigenvalue weighted by Crippen LogP contribution is 2.23. The number of alkyl halides is 2. The highest BCUT2D eigenvalue weighted by Gasteiger charge is 2.29. The molecule has 0 aliphatic rings. The summed E-state index contributed by atoms with van der Waals surface area (Å²) in [6.07, 6.45) is 1.16. The van der Waals surface area contributed by atoms with E-state index >= 15 is 0 Å². The van der Waals surface area contributed by atoms with Gasteiger partial charge in [0, 0.05) is 50.4 Å². The molecule has 48 heavy (non-hydrogen) atoms. The van der Waals surface area contributed by atoms with Crippen molar-refractivity contribution in [3.8, 4) is 0 Å². The third-order valence-corrected chi connectivity index (χ3v) is 7.97. The van der Waals surface area contributed by atoms with Crippen LogP contribution in [0.2, 0.25) is 0 Å². The number of anilines is 1. The Hall–Kier alpha value is -2.83. The first kappa shape index (κ1) is 43.2. The normalized spacial score (nSPS) is 12.8. The zero-order chi connectivity index (χ0) is 33.8. The van der Waals surface area contributed by atoms with E-state index in [1.165, 1.54) is 12.1 Å². The number of nitrogens with zero attached hydrogens (tertiary/aromatic N) is 3. The van der Waals surface area contributed by atoms with Crippen molar-refractivity contribution in [3.05, 3.63) is 59.7 Å². The van der Waals surface area contributed by atoms with Crippen LogP contribution in [-0.2, 0) is 39.0 Å². The van der Waals surface area contributed by atoms with E-state index in [9.17, 15) is 18.8 Å². The van der Waals surface area contributed by atoms with Gasteiger partial charge in [-0.15, -0.1) is 48.0 Å². The van der Waals surface area contributed by atoms with E-state index in [0.717, 1.165) is 22.5 Å². The number of halogens is 5. The van der Waals surface area contributed by atoms with E-state index in [1.54, 1.807) is 19.1 Å². The van der Waals surface area contributed by atoms with Gasteiger partial charge in [0.1, 0.15) is 23.7 Å². The Kier molecular flexibility index (Phi) is 19.2. The maximum absolute atomic E-state index is 13.4. The fourth-order valence-corrected chi connectivity index (χ4v) is 5.60. The molecule has 15 heteroatoms. The number of hydrogen-bond donors (Lipinski definition) is 3. The molecule has 0 radical (unpaired) electrons. The predicted molar refractivity (Wildman–Crippen MR) is 195 cm³/mol. The first-order chi connectivity index (χ1) is 22.0. The predicted octanol–water partition coefficient (Wildman–Crippen LogP) is 4.92. The van der Waals surface area contributed by atoms with Gasteiger partial charge in [-0.2, -0.15) is 0 Å². The van der Waals surface area contributed by atoms with Crippen molar-refractivity contribution < 1.29 is 23.5 Å². The molecule has 10 nitrogen and oxygen atoms in total. The Morgan fingerprint density at radius 2 is 1.62 bits per heavy atom. The minimum atomic E-state index is -1.02. The first-order valence-corrected chi connectivity index (χ1v) is 16.6. The van der Waals surface area contributed by atoms with Crippen LogP contribution in [0.15, 0.2) is 42.5 Å². The van der Waals surface area contributed by atoms with E-state index < -0.39 is 41.7 Å². The lowest BCUT2D eigenvalue weighted by Crippen LogP contribution is -2.55. The molecule has 3 unspecified atom stereocenters. The number of nitrogens with one attached hydrogen (secondary N) is 2. The Morgan fingerprint density at radius 3 is 2.21 bits per heavy atom. The number of amides is 2. The highest BCUT2D eigenvalue weighted by atomic mass is 35.5. The van der Waals surface area contributed by atoms with Crippen molar-refractivity contribution in [2.45, 2.75) is 64.6 Å². The number of carbonyl (C=O) groups excluding carboxylic acids is 3. The average molecular weight is 753 g/mol. The van der Waals surface area contributed by atoms with Crippen LogP contribution in [0, 0.1) is 11.7 Å². The van der Waals surface area contributed by atoms with Crippen molar-refractivity contribution in [2.75, 3.05) is 36.4 Å². The van der Waals surface area contributed by atoms with Gasteiger partial charge in [-0.25, -0.2) is 14.2 Å².